The molecule has 3 rings (SSSR count). The van der Waals surface area contributed by atoms with Crippen molar-refractivity contribution in [2.45, 2.75) is 18.9 Å². The Labute approximate surface area is 116 Å². The second-order valence-electron chi connectivity index (χ2n) is 4.86. The maximum Gasteiger partial charge on any atom is 0.0206 e. The molecule has 1 N–H and O–H groups in total. The van der Waals surface area contributed by atoms with Crippen LogP contribution in [-0.4, -0.2) is 6.54 Å². The zero-order valence-corrected chi connectivity index (χ0v) is 11.8. The second-order valence-corrected chi connectivity index (χ2v) is 5.78. The van der Waals surface area contributed by atoms with Gasteiger partial charge in [-0.15, -0.1) is 0 Å². The van der Waals surface area contributed by atoms with Gasteiger partial charge in [0, 0.05) is 23.5 Å². The molecule has 0 radical (unpaired) electrons. The summed E-state index contributed by atoms with van der Waals surface area (Å²) in [6, 6.07) is 17.2. The summed E-state index contributed by atoms with van der Waals surface area (Å²) in [6.45, 7) is 2.02. The maximum absolute atomic E-state index is 3.55. The van der Waals surface area contributed by atoms with E-state index in [1.165, 1.54) is 23.1 Å². The van der Waals surface area contributed by atoms with Crippen LogP contribution in [0.5, 0.6) is 0 Å². The van der Waals surface area contributed by atoms with Crippen LogP contribution in [0, 0.1) is 0 Å². The van der Waals surface area contributed by atoms with Crippen LogP contribution in [0.2, 0.25) is 0 Å². The molecule has 18 heavy (non-hydrogen) atoms. The van der Waals surface area contributed by atoms with E-state index < -0.39 is 0 Å². The standard InChI is InChI=1S/C16H16BrN/c17-15-6-3-4-12(8-15)10-18-11-14-9-13-5-1-2-7-16(13)14/h1-8,14,18H,9-11H2. The van der Waals surface area contributed by atoms with Gasteiger partial charge in [-0.2, -0.15) is 0 Å². The molecule has 0 saturated carbocycles. The highest BCUT2D eigenvalue weighted by atomic mass is 79.9. The molecule has 2 aromatic carbocycles. The molecule has 1 nitrogen and oxygen atoms in total. The Morgan fingerprint density at radius 3 is 2.83 bits per heavy atom. The molecule has 0 spiro atoms. The lowest BCUT2D eigenvalue weighted by Gasteiger charge is -2.30. The van der Waals surface area contributed by atoms with Crippen molar-refractivity contribution in [1.82, 2.24) is 5.32 Å². The van der Waals surface area contributed by atoms with Crippen molar-refractivity contribution in [2.75, 3.05) is 6.54 Å². The van der Waals surface area contributed by atoms with Gasteiger partial charge in [0.05, 0.1) is 0 Å². The fourth-order valence-corrected chi connectivity index (χ4v) is 3.03. The molecule has 1 unspecified atom stereocenters. The molecule has 1 aliphatic carbocycles. The predicted molar refractivity (Wildman–Crippen MR) is 78.7 cm³/mol. The largest absolute Gasteiger partial charge is 0.312 e. The van der Waals surface area contributed by atoms with E-state index in [-0.39, 0.29) is 0 Å². The molecule has 0 heterocycles. The highest BCUT2D eigenvalue weighted by Gasteiger charge is 2.24. The molecule has 92 valence electrons. The first kappa shape index (κ1) is 11.9. The summed E-state index contributed by atoms with van der Waals surface area (Å²) in [6.07, 6.45) is 1.22. The van der Waals surface area contributed by atoms with E-state index >= 15 is 0 Å². The van der Waals surface area contributed by atoms with Gasteiger partial charge in [-0.3, -0.25) is 0 Å². The van der Waals surface area contributed by atoms with Gasteiger partial charge >= 0.3 is 0 Å². The second kappa shape index (κ2) is 5.25. The molecule has 2 aromatic rings. The van der Waals surface area contributed by atoms with Crippen LogP contribution in [0.3, 0.4) is 0 Å². The van der Waals surface area contributed by atoms with Crippen molar-refractivity contribution in [3.8, 4) is 0 Å². The zero-order chi connectivity index (χ0) is 12.4. The van der Waals surface area contributed by atoms with E-state index in [0.717, 1.165) is 17.6 Å². The molecule has 0 amide bonds. The van der Waals surface area contributed by atoms with E-state index in [4.69, 9.17) is 0 Å². The Morgan fingerprint density at radius 1 is 1.11 bits per heavy atom. The molecule has 1 atom stereocenters. The SMILES string of the molecule is Brc1cccc(CNCC2Cc3ccccc32)c1. The van der Waals surface area contributed by atoms with Gasteiger partial charge in [0.1, 0.15) is 0 Å². The van der Waals surface area contributed by atoms with Crippen LogP contribution in [0.4, 0.5) is 0 Å². The molecule has 2 heteroatoms. The monoisotopic (exact) mass is 301 g/mol. The van der Waals surface area contributed by atoms with Gasteiger partial charge < -0.3 is 5.32 Å². The summed E-state index contributed by atoms with van der Waals surface area (Å²) in [5, 5.41) is 3.55. The lowest BCUT2D eigenvalue weighted by molar-refractivity contribution is 0.535. The molecule has 0 saturated heterocycles. The Morgan fingerprint density at radius 2 is 2.00 bits per heavy atom. The van der Waals surface area contributed by atoms with Crippen LogP contribution in [0.25, 0.3) is 0 Å². The highest BCUT2D eigenvalue weighted by Crippen LogP contribution is 2.34. The highest BCUT2D eigenvalue weighted by molar-refractivity contribution is 9.10. The summed E-state index contributed by atoms with van der Waals surface area (Å²) in [5.41, 5.74) is 4.38. The minimum Gasteiger partial charge on any atom is -0.312 e. The third kappa shape index (κ3) is 2.50. The Balaban J connectivity index is 1.52. The molecular formula is C16H16BrN. The average molecular weight is 302 g/mol. The van der Waals surface area contributed by atoms with E-state index in [1.807, 2.05) is 0 Å². The van der Waals surface area contributed by atoms with Gasteiger partial charge in [0.25, 0.3) is 0 Å². The Hall–Kier alpha value is -1.12. The number of hydrogen-bond acceptors (Lipinski definition) is 1. The smallest absolute Gasteiger partial charge is 0.0206 e. The quantitative estimate of drug-likeness (QED) is 0.904. The number of hydrogen-bond donors (Lipinski definition) is 1. The first-order valence-corrected chi connectivity index (χ1v) is 7.15. The number of fused-ring (bicyclic) bond motifs is 1. The van der Waals surface area contributed by atoms with Gasteiger partial charge in [0.2, 0.25) is 0 Å². The number of nitrogens with one attached hydrogen (secondary N) is 1. The van der Waals surface area contributed by atoms with E-state index in [0.29, 0.717) is 5.92 Å². The number of rotatable bonds is 4. The lowest BCUT2D eigenvalue weighted by Crippen LogP contribution is -2.28. The summed E-state index contributed by atoms with van der Waals surface area (Å²) in [5.74, 6) is 0.702. The van der Waals surface area contributed by atoms with Crippen molar-refractivity contribution in [2.24, 2.45) is 0 Å². The summed E-state index contributed by atoms with van der Waals surface area (Å²) in [4.78, 5) is 0. The van der Waals surface area contributed by atoms with Gasteiger partial charge in [0.15, 0.2) is 0 Å². The van der Waals surface area contributed by atoms with Crippen molar-refractivity contribution in [1.29, 1.82) is 0 Å². The predicted octanol–water partition coefficient (Wildman–Crippen LogP) is 3.88. The first-order valence-electron chi connectivity index (χ1n) is 6.36. The van der Waals surface area contributed by atoms with Crippen LogP contribution < -0.4 is 5.32 Å². The van der Waals surface area contributed by atoms with Crippen molar-refractivity contribution in [3.63, 3.8) is 0 Å². The summed E-state index contributed by atoms with van der Waals surface area (Å²) < 4.78 is 1.15. The molecule has 1 aliphatic rings. The van der Waals surface area contributed by atoms with E-state index in [1.54, 1.807) is 0 Å². The fourth-order valence-electron chi connectivity index (χ4n) is 2.58. The maximum atomic E-state index is 3.55. The third-order valence-electron chi connectivity index (χ3n) is 3.57. The number of benzene rings is 2. The van der Waals surface area contributed by atoms with Crippen LogP contribution in [0.1, 0.15) is 22.6 Å². The molecular weight excluding hydrogens is 286 g/mol. The van der Waals surface area contributed by atoms with E-state index in [2.05, 4.69) is 69.8 Å². The molecule has 0 fully saturated rings. The van der Waals surface area contributed by atoms with Gasteiger partial charge in [-0.05, 0) is 35.2 Å². The third-order valence-corrected chi connectivity index (χ3v) is 4.06. The van der Waals surface area contributed by atoms with Crippen LogP contribution in [-0.2, 0) is 13.0 Å². The summed E-state index contributed by atoms with van der Waals surface area (Å²) >= 11 is 3.50. The normalized spacial score (nSPS) is 17.1. The first-order chi connectivity index (χ1) is 8.83. The molecule has 0 bridgehead atoms. The van der Waals surface area contributed by atoms with Crippen molar-refractivity contribution in [3.05, 3.63) is 69.7 Å². The molecule has 0 aliphatic heterocycles. The zero-order valence-electron chi connectivity index (χ0n) is 10.2. The average Bonchev–Trinajstić information content (AvgIpc) is 2.35. The van der Waals surface area contributed by atoms with Gasteiger partial charge in [-0.25, -0.2) is 0 Å². The lowest BCUT2D eigenvalue weighted by atomic mass is 9.77. The minimum absolute atomic E-state index is 0.702. The van der Waals surface area contributed by atoms with Crippen LogP contribution in [0.15, 0.2) is 53.0 Å². The Kier molecular flexibility index (Phi) is 3.48. The summed E-state index contributed by atoms with van der Waals surface area (Å²) in [7, 11) is 0. The minimum atomic E-state index is 0.702. The Bertz CT molecular complexity index is 550. The van der Waals surface area contributed by atoms with Crippen molar-refractivity contribution >= 4 is 15.9 Å². The van der Waals surface area contributed by atoms with Crippen LogP contribution >= 0.6 is 15.9 Å². The molecule has 0 aromatic heterocycles. The topological polar surface area (TPSA) is 12.0 Å². The van der Waals surface area contributed by atoms with Gasteiger partial charge in [-0.1, -0.05) is 52.3 Å². The van der Waals surface area contributed by atoms with E-state index in [9.17, 15) is 0 Å². The fraction of sp³-hybridized carbons (Fsp3) is 0.250. The number of halogens is 1. The van der Waals surface area contributed by atoms with Crippen molar-refractivity contribution < 1.29 is 0 Å².